The second-order valence-electron chi connectivity index (χ2n) is 10.4. The summed E-state index contributed by atoms with van der Waals surface area (Å²) in [5.74, 6) is 1.59. The third-order valence-corrected chi connectivity index (χ3v) is 8.39. The van der Waals surface area contributed by atoms with E-state index >= 15 is 0 Å². The number of carbonyl (C=O) groups is 1. The van der Waals surface area contributed by atoms with E-state index in [0.717, 1.165) is 27.5 Å². The van der Waals surface area contributed by atoms with Gasteiger partial charge in [0.2, 0.25) is 5.91 Å². The van der Waals surface area contributed by atoms with Crippen molar-refractivity contribution >= 4 is 44.9 Å². The molecule has 3 aromatic carbocycles. The summed E-state index contributed by atoms with van der Waals surface area (Å²) < 4.78 is 8.94. The number of amides is 1. The fraction of sp³-hybridized carbons (Fsp3) is 0.267. The molecule has 9 heteroatoms. The lowest BCUT2D eigenvalue weighted by atomic mass is 9.87. The number of aromatic nitrogens is 4. The van der Waals surface area contributed by atoms with Gasteiger partial charge in [-0.1, -0.05) is 50.7 Å². The third kappa shape index (κ3) is 6.49. The summed E-state index contributed by atoms with van der Waals surface area (Å²) in [7, 11) is 1.88. The van der Waals surface area contributed by atoms with E-state index in [1.165, 1.54) is 27.6 Å². The standard InChI is InChI=1S/C30H31N5O2S2/c1-19-6-15-24-25(16-19)39-28(32-24)20-7-11-22(12-8-20)31-27(36)18-38-29-34-33-26(35(29)5)17-37-23-13-9-21(10-14-23)30(2,3)4/h6-16H,17-18H2,1-5H3,(H,31,36). The molecular weight excluding hydrogens is 526 g/mol. The Morgan fingerprint density at radius 3 is 2.49 bits per heavy atom. The van der Waals surface area contributed by atoms with Crippen molar-refractivity contribution in [2.24, 2.45) is 7.05 Å². The number of hydrogen-bond donors (Lipinski definition) is 1. The predicted molar refractivity (Wildman–Crippen MR) is 160 cm³/mol. The Labute approximate surface area is 236 Å². The number of thioether (sulfide) groups is 1. The van der Waals surface area contributed by atoms with Gasteiger partial charge in [-0.05, 0) is 72.0 Å². The first kappa shape index (κ1) is 26.9. The van der Waals surface area contributed by atoms with E-state index in [1.807, 2.05) is 48.0 Å². The zero-order valence-corrected chi connectivity index (χ0v) is 24.3. The van der Waals surface area contributed by atoms with Crippen LogP contribution in [0, 0.1) is 6.92 Å². The Bertz CT molecular complexity index is 1600. The fourth-order valence-electron chi connectivity index (χ4n) is 3.97. The van der Waals surface area contributed by atoms with Crippen LogP contribution in [0.2, 0.25) is 0 Å². The van der Waals surface area contributed by atoms with Crippen molar-refractivity contribution in [3.63, 3.8) is 0 Å². The summed E-state index contributed by atoms with van der Waals surface area (Å²) in [6.07, 6.45) is 0. The molecule has 200 valence electrons. The van der Waals surface area contributed by atoms with Gasteiger partial charge < -0.3 is 14.6 Å². The van der Waals surface area contributed by atoms with Gasteiger partial charge >= 0.3 is 0 Å². The monoisotopic (exact) mass is 557 g/mol. The van der Waals surface area contributed by atoms with Gasteiger partial charge in [0.1, 0.15) is 17.4 Å². The highest BCUT2D eigenvalue weighted by molar-refractivity contribution is 7.99. The van der Waals surface area contributed by atoms with E-state index in [2.05, 4.69) is 73.5 Å². The SMILES string of the molecule is Cc1ccc2nc(-c3ccc(NC(=O)CSc4nnc(COc5ccc(C(C)(C)C)cc5)n4C)cc3)sc2c1. The number of carbonyl (C=O) groups excluding carboxylic acids is 1. The first-order chi connectivity index (χ1) is 18.7. The zero-order chi connectivity index (χ0) is 27.6. The van der Waals surface area contributed by atoms with Gasteiger partial charge in [-0.2, -0.15) is 0 Å². The first-order valence-corrected chi connectivity index (χ1v) is 14.5. The number of nitrogens with one attached hydrogen (secondary N) is 1. The Hall–Kier alpha value is -3.69. The molecule has 0 aliphatic carbocycles. The van der Waals surface area contributed by atoms with E-state index < -0.39 is 0 Å². The van der Waals surface area contributed by atoms with Crippen molar-refractivity contribution in [1.82, 2.24) is 19.7 Å². The molecule has 0 radical (unpaired) electrons. The summed E-state index contributed by atoms with van der Waals surface area (Å²) in [5.41, 5.74) is 5.35. The van der Waals surface area contributed by atoms with Crippen molar-refractivity contribution < 1.29 is 9.53 Å². The second-order valence-corrected chi connectivity index (χ2v) is 12.4. The topological polar surface area (TPSA) is 81.9 Å². The van der Waals surface area contributed by atoms with Crippen molar-refractivity contribution in [2.45, 2.75) is 44.9 Å². The molecule has 2 aromatic heterocycles. The average Bonchev–Trinajstić information content (AvgIpc) is 3.49. The number of anilines is 1. The van der Waals surface area contributed by atoms with Gasteiger partial charge in [0.25, 0.3) is 0 Å². The van der Waals surface area contributed by atoms with Crippen LogP contribution in [0.15, 0.2) is 71.9 Å². The highest BCUT2D eigenvalue weighted by Crippen LogP contribution is 2.31. The lowest BCUT2D eigenvalue weighted by molar-refractivity contribution is -0.113. The third-order valence-electron chi connectivity index (χ3n) is 6.31. The molecule has 2 heterocycles. The van der Waals surface area contributed by atoms with Crippen molar-refractivity contribution in [3.05, 3.63) is 83.7 Å². The van der Waals surface area contributed by atoms with Crippen LogP contribution in [0.25, 0.3) is 20.8 Å². The number of ether oxygens (including phenoxy) is 1. The summed E-state index contributed by atoms with van der Waals surface area (Å²) >= 11 is 3.01. The van der Waals surface area contributed by atoms with Gasteiger partial charge in [0, 0.05) is 18.3 Å². The summed E-state index contributed by atoms with van der Waals surface area (Å²) in [5, 5.41) is 13.1. The smallest absolute Gasteiger partial charge is 0.234 e. The molecule has 0 atom stereocenters. The van der Waals surface area contributed by atoms with Crippen molar-refractivity contribution in [2.75, 3.05) is 11.1 Å². The van der Waals surface area contributed by atoms with Gasteiger partial charge in [0.05, 0.1) is 16.0 Å². The molecular formula is C30H31N5O2S2. The van der Waals surface area contributed by atoms with E-state index in [0.29, 0.717) is 17.6 Å². The second kappa shape index (κ2) is 11.2. The quantitative estimate of drug-likeness (QED) is 0.207. The van der Waals surface area contributed by atoms with E-state index in [4.69, 9.17) is 9.72 Å². The largest absolute Gasteiger partial charge is 0.486 e. The van der Waals surface area contributed by atoms with Crippen LogP contribution < -0.4 is 10.1 Å². The van der Waals surface area contributed by atoms with E-state index in [-0.39, 0.29) is 17.1 Å². The normalized spacial score (nSPS) is 11.6. The van der Waals surface area contributed by atoms with Crippen LogP contribution in [0.3, 0.4) is 0 Å². The molecule has 0 aliphatic rings. The maximum atomic E-state index is 12.6. The van der Waals surface area contributed by atoms with Gasteiger partial charge in [-0.25, -0.2) is 4.98 Å². The number of benzene rings is 3. The van der Waals surface area contributed by atoms with Gasteiger partial charge in [0.15, 0.2) is 11.0 Å². The lowest BCUT2D eigenvalue weighted by Crippen LogP contribution is -2.14. The molecule has 0 saturated heterocycles. The number of thiazole rings is 1. The minimum absolute atomic E-state index is 0.0977. The van der Waals surface area contributed by atoms with E-state index in [9.17, 15) is 4.79 Å². The number of nitrogens with zero attached hydrogens (tertiary/aromatic N) is 4. The number of fused-ring (bicyclic) bond motifs is 1. The lowest BCUT2D eigenvalue weighted by Gasteiger charge is -2.19. The summed E-state index contributed by atoms with van der Waals surface area (Å²) in [6.45, 7) is 8.93. The summed E-state index contributed by atoms with van der Waals surface area (Å²) in [6, 6.07) is 22.2. The van der Waals surface area contributed by atoms with Crippen LogP contribution in [0.5, 0.6) is 5.75 Å². The molecule has 0 unspecified atom stereocenters. The molecule has 1 N–H and O–H groups in total. The van der Waals surface area contributed by atoms with Crippen molar-refractivity contribution in [3.8, 4) is 16.3 Å². The molecule has 39 heavy (non-hydrogen) atoms. The fourth-order valence-corrected chi connectivity index (χ4v) is 5.77. The van der Waals surface area contributed by atoms with Crippen LogP contribution >= 0.6 is 23.1 Å². The minimum atomic E-state index is -0.108. The highest BCUT2D eigenvalue weighted by atomic mass is 32.2. The van der Waals surface area contributed by atoms with Crippen LogP contribution in [-0.2, 0) is 23.9 Å². The van der Waals surface area contributed by atoms with Gasteiger partial charge in [-0.3, -0.25) is 4.79 Å². The maximum absolute atomic E-state index is 12.6. The van der Waals surface area contributed by atoms with Crippen LogP contribution in [0.1, 0.15) is 37.7 Å². The minimum Gasteiger partial charge on any atom is -0.486 e. The van der Waals surface area contributed by atoms with Crippen LogP contribution in [-0.4, -0.2) is 31.4 Å². The molecule has 5 rings (SSSR count). The number of rotatable bonds is 8. The number of aryl methyl sites for hydroxylation is 1. The Kier molecular flexibility index (Phi) is 7.72. The predicted octanol–water partition coefficient (Wildman–Crippen LogP) is 7.01. The Morgan fingerprint density at radius 1 is 1.03 bits per heavy atom. The summed E-state index contributed by atoms with van der Waals surface area (Å²) in [4.78, 5) is 17.3. The Balaban J connectivity index is 1.13. The molecule has 7 nitrogen and oxygen atoms in total. The average molecular weight is 558 g/mol. The molecule has 0 saturated carbocycles. The maximum Gasteiger partial charge on any atom is 0.234 e. The highest BCUT2D eigenvalue weighted by Gasteiger charge is 2.15. The molecule has 5 aromatic rings. The molecule has 1 amide bonds. The van der Waals surface area contributed by atoms with Crippen LogP contribution in [0.4, 0.5) is 5.69 Å². The molecule has 0 bridgehead atoms. The molecule has 0 fully saturated rings. The molecule has 0 spiro atoms. The Morgan fingerprint density at radius 2 is 1.77 bits per heavy atom. The van der Waals surface area contributed by atoms with Gasteiger partial charge in [-0.15, -0.1) is 21.5 Å². The first-order valence-electron chi connectivity index (χ1n) is 12.7. The molecule has 0 aliphatic heterocycles. The number of hydrogen-bond acceptors (Lipinski definition) is 7. The van der Waals surface area contributed by atoms with E-state index in [1.54, 1.807) is 11.3 Å². The zero-order valence-electron chi connectivity index (χ0n) is 22.7. The van der Waals surface area contributed by atoms with Crippen molar-refractivity contribution in [1.29, 1.82) is 0 Å².